The normalized spacial score (nSPS) is 11.4. The Balaban J connectivity index is 2.31. The molecule has 2 rings (SSSR count). The zero-order valence-electron chi connectivity index (χ0n) is 14.5. The van der Waals surface area contributed by atoms with Gasteiger partial charge in [0.05, 0.1) is 32.3 Å². The molecular formula is C17H23N3O4. The number of ether oxygens (including phenoxy) is 2. The summed E-state index contributed by atoms with van der Waals surface area (Å²) in [4.78, 5) is 5.72. The fourth-order valence-electron chi connectivity index (χ4n) is 2.55. The largest absolute Gasteiger partial charge is 0.569 e. The molecule has 0 radical (unpaired) electrons. The van der Waals surface area contributed by atoms with Gasteiger partial charge in [-0.2, -0.15) is 0 Å². The predicted molar refractivity (Wildman–Crippen MR) is 90.8 cm³/mol. The molecule has 7 heteroatoms. The molecule has 0 aliphatic carbocycles. The number of methoxy groups -OCH3 is 2. The lowest BCUT2D eigenvalue weighted by Gasteiger charge is -2.14. The quantitative estimate of drug-likeness (QED) is 0.420. The van der Waals surface area contributed by atoms with Crippen LogP contribution in [0.2, 0.25) is 0 Å². The maximum absolute atomic E-state index is 11.8. The topological polar surface area (TPSA) is 69.4 Å². The van der Waals surface area contributed by atoms with Crippen LogP contribution in [-0.2, 0) is 11.4 Å². The number of hydrazine groups is 1. The van der Waals surface area contributed by atoms with Crippen LogP contribution in [0.5, 0.6) is 11.5 Å². The van der Waals surface area contributed by atoms with Crippen molar-refractivity contribution >= 4 is 10.8 Å². The molecule has 0 unspecified atom stereocenters. The first-order valence-corrected chi connectivity index (χ1v) is 7.83. The first-order chi connectivity index (χ1) is 11.7. The second-order valence-corrected chi connectivity index (χ2v) is 5.06. The maximum Gasteiger partial charge on any atom is 0.233 e. The van der Waals surface area contributed by atoms with E-state index in [0.29, 0.717) is 23.8 Å². The Morgan fingerprint density at radius 1 is 1.04 bits per heavy atom. The van der Waals surface area contributed by atoms with Crippen LogP contribution < -0.4 is 9.47 Å². The van der Waals surface area contributed by atoms with Gasteiger partial charge in [-0.15, -0.1) is 5.01 Å². The highest BCUT2D eigenvalue weighted by Crippen LogP contribution is 2.35. The van der Waals surface area contributed by atoms with E-state index in [9.17, 15) is 5.21 Å². The molecule has 7 nitrogen and oxygen atoms in total. The summed E-state index contributed by atoms with van der Waals surface area (Å²) >= 11 is 0. The van der Waals surface area contributed by atoms with Crippen LogP contribution in [-0.4, -0.2) is 37.3 Å². The Bertz CT molecular complexity index is 714. The molecule has 0 fully saturated rings. The molecule has 0 aliphatic rings. The van der Waals surface area contributed by atoms with E-state index in [4.69, 9.17) is 14.3 Å². The van der Waals surface area contributed by atoms with Crippen LogP contribution >= 0.6 is 0 Å². The summed E-state index contributed by atoms with van der Waals surface area (Å²) < 4.78 is 10.8. The molecule has 0 saturated carbocycles. The number of fused-ring (bicyclic) bond motifs is 1. The fourth-order valence-corrected chi connectivity index (χ4v) is 2.55. The van der Waals surface area contributed by atoms with E-state index >= 15 is 0 Å². The Hall–Kier alpha value is -2.70. The van der Waals surface area contributed by atoms with Gasteiger partial charge in [0, 0.05) is 16.3 Å². The minimum absolute atomic E-state index is 0.154. The van der Waals surface area contributed by atoms with Crippen molar-refractivity contribution in [2.45, 2.75) is 20.5 Å². The minimum Gasteiger partial charge on any atom is -0.569 e. The second-order valence-electron chi connectivity index (χ2n) is 5.06. The number of rotatable bonds is 8. The van der Waals surface area contributed by atoms with Gasteiger partial charge in [0.2, 0.25) is 5.28 Å². The van der Waals surface area contributed by atoms with Crippen molar-refractivity contribution in [1.29, 1.82) is 0 Å². The Morgan fingerprint density at radius 2 is 1.71 bits per heavy atom. The molecule has 0 atom stereocenters. The number of hydrogen-bond acceptors (Lipinski definition) is 5. The SMILES string of the molecule is CCN(CC)/[N+]([O-])=N/OCc1cccc2c(OC)ccc(OC)c12. The molecule has 0 aromatic heterocycles. The summed E-state index contributed by atoms with van der Waals surface area (Å²) in [6.07, 6.45) is 0. The van der Waals surface area contributed by atoms with Crippen LogP contribution in [0.1, 0.15) is 19.4 Å². The Morgan fingerprint density at radius 3 is 2.33 bits per heavy atom. The van der Waals surface area contributed by atoms with E-state index in [1.54, 1.807) is 14.2 Å². The molecule has 0 N–H and O–H groups in total. The lowest BCUT2D eigenvalue weighted by atomic mass is 10.0. The van der Waals surface area contributed by atoms with Crippen molar-refractivity contribution in [3.05, 3.63) is 41.1 Å². The highest BCUT2D eigenvalue weighted by Gasteiger charge is 2.12. The van der Waals surface area contributed by atoms with Crippen LogP contribution in [0.3, 0.4) is 0 Å². The standard InChI is InChI=1S/C17H23N3O4/c1-5-19(6-2)20(21)18-24-12-13-8-7-9-14-15(22-3)10-11-16(23-4)17(13)14/h7-11H,5-6,12H2,1-4H3/b20-18-. The Kier molecular flexibility index (Phi) is 6.06. The van der Waals surface area contributed by atoms with Crippen LogP contribution in [0.25, 0.3) is 10.8 Å². The average Bonchev–Trinajstić information content (AvgIpc) is 2.61. The summed E-state index contributed by atoms with van der Waals surface area (Å²) in [5, 5.41) is 18.7. The summed E-state index contributed by atoms with van der Waals surface area (Å²) in [5.41, 5.74) is 0.861. The number of benzene rings is 2. The third-order valence-corrected chi connectivity index (χ3v) is 3.81. The lowest BCUT2D eigenvalue weighted by molar-refractivity contribution is -0.710. The second kappa shape index (κ2) is 8.24. The van der Waals surface area contributed by atoms with Gasteiger partial charge in [-0.05, 0) is 26.0 Å². The summed E-state index contributed by atoms with van der Waals surface area (Å²) in [6.45, 7) is 5.04. The highest BCUT2D eigenvalue weighted by molar-refractivity contribution is 5.95. The van der Waals surface area contributed by atoms with Crippen molar-refractivity contribution in [2.24, 2.45) is 5.28 Å². The zero-order valence-corrected chi connectivity index (χ0v) is 14.5. The van der Waals surface area contributed by atoms with Gasteiger partial charge in [-0.3, -0.25) is 0 Å². The van der Waals surface area contributed by atoms with E-state index in [0.717, 1.165) is 22.1 Å². The van der Waals surface area contributed by atoms with Crippen LogP contribution in [0.15, 0.2) is 35.6 Å². The molecule has 0 bridgehead atoms. The summed E-state index contributed by atoms with van der Waals surface area (Å²) in [5.74, 6) is 1.46. The van der Waals surface area contributed by atoms with E-state index in [1.165, 1.54) is 5.01 Å². The van der Waals surface area contributed by atoms with E-state index in [-0.39, 0.29) is 6.61 Å². The van der Waals surface area contributed by atoms with Crippen molar-refractivity contribution in [3.63, 3.8) is 0 Å². The Labute approximate surface area is 141 Å². The molecule has 0 saturated heterocycles. The minimum atomic E-state index is 0.154. The number of nitrogens with zero attached hydrogens (tertiary/aromatic N) is 3. The van der Waals surface area contributed by atoms with Gasteiger partial charge in [-0.25, -0.2) is 0 Å². The van der Waals surface area contributed by atoms with Crippen molar-refractivity contribution in [3.8, 4) is 11.5 Å². The third-order valence-electron chi connectivity index (χ3n) is 3.81. The fraction of sp³-hybridized carbons (Fsp3) is 0.412. The predicted octanol–water partition coefficient (Wildman–Crippen LogP) is 3.51. The summed E-state index contributed by atoms with van der Waals surface area (Å²) in [6, 6.07) is 9.47. The molecule has 0 aliphatic heterocycles. The van der Waals surface area contributed by atoms with E-state index in [1.807, 2.05) is 44.2 Å². The van der Waals surface area contributed by atoms with Gasteiger partial charge in [0.1, 0.15) is 18.1 Å². The first kappa shape index (κ1) is 17.7. The van der Waals surface area contributed by atoms with Gasteiger partial charge in [-0.1, -0.05) is 18.2 Å². The highest BCUT2D eigenvalue weighted by atomic mass is 16.7. The van der Waals surface area contributed by atoms with Crippen LogP contribution in [0, 0.1) is 5.21 Å². The monoisotopic (exact) mass is 333 g/mol. The molecule has 130 valence electrons. The van der Waals surface area contributed by atoms with Gasteiger partial charge in [0.25, 0.3) is 0 Å². The van der Waals surface area contributed by atoms with Gasteiger partial charge in [0.15, 0.2) is 0 Å². The number of hydrogen-bond donors (Lipinski definition) is 0. The van der Waals surface area contributed by atoms with Gasteiger partial charge < -0.3 is 19.5 Å². The van der Waals surface area contributed by atoms with Crippen molar-refractivity contribution < 1.29 is 19.3 Å². The average molecular weight is 333 g/mol. The zero-order chi connectivity index (χ0) is 17.5. The van der Waals surface area contributed by atoms with Crippen LogP contribution in [0.4, 0.5) is 0 Å². The maximum atomic E-state index is 11.8. The third kappa shape index (κ3) is 3.61. The molecule has 0 amide bonds. The molecule has 2 aromatic rings. The molecule has 24 heavy (non-hydrogen) atoms. The van der Waals surface area contributed by atoms with Crippen molar-refractivity contribution in [1.82, 2.24) is 5.01 Å². The molecule has 2 aromatic carbocycles. The molecular weight excluding hydrogens is 310 g/mol. The lowest BCUT2D eigenvalue weighted by Crippen LogP contribution is -2.30. The summed E-state index contributed by atoms with van der Waals surface area (Å²) in [7, 11) is 3.24. The first-order valence-electron chi connectivity index (χ1n) is 7.83. The molecule has 0 heterocycles. The van der Waals surface area contributed by atoms with Gasteiger partial charge >= 0.3 is 0 Å². The smallest absolute Gasteiger partial charge is 0.233 e. The van der Waals surface area contributed by atoms with E-state index in [2.05, 4.69) is 5.28 Å². The van der Waals surface area contributed by atoms with E-state index < -0.39 is 0 Å². The van der Waals surface area contributed by atoms with Crippen molar-refractivity contribution in [2.75, 3.05) is 27.3 Å². The molecule has 0 spiro atoms.